The number of aryl methyl sites for hydroxylation is 1. The van der Waals surface area contributed by atoms with E-state index in [1.165, 1.54) is 11.1 Å². The van der Waals surface area contributed by atoms with Crippen molar-refractivity contribution >= 4 is 29.9 Å². The lowest BCUT2D eigenvalue weighted by molar-refractivity contribution is 0.181. The summed E-state index contributed by atoms with van der Waals surface area (Å²) in [5.41, 5.74) is 2.53. The Morgan fingerprint density at radius 3 is 2.68 bits per heavy atom. The van der Waals surface area contributed by atoms with E-state index >= 15 is 0 Å². The summed E-state index contributed by atoms with van der Waals surface area (Å²) in [7, 11) is 2.11. The molecule has 1 aromatic rings. The van der Waals surface area contributed by atoms with Crippen LogP contribution in [0.25, 0.3) is 0 Å². The van der Waals surface area contributed by atoms with Gasteiger partial charge in [0, 0.05) is 32.7 Å². The summed E-state index contributed by atoms with van der Waals surface area (Å²) >= 11 is 0. The zero-order valence-electron chi connectivity index (χ0n) is 13.8. The molecule has 1 aliphatic heterocycles. The Balaban J connectivity index is 0.00000242. The molecule has 1 saturated heterocycles. The number of hydrogen-bond acceptors (Lipinski definition) is 2. The summed E-state index contributed by atoms with van der Waals surface area (Å²) in [6.07, 6.45) is 1.15. The van der Waals surface area contributed by atoms with Crippen LogP contribution in [0.15, 0.2) is 29.3 Å². The minimum atomic E-state index is 0. The number of benzene rings is 1. The van der Waals surface area contributed by atoms with Gasteiger partial charge in [0.2, 0.25) is 0 Å². The molecule has 1 aromatic carbocycles. The highest BCUT2D eigenvalue weighted by Crippen LogP contribution is 2.13. The van der Waals surface area contributed by atoms with Crippen molar-refractivity contribution < 1.29 is 4.74 Å². The van der Waals surface area contributed by atoms with Gasteiger partial charge in [-0.25, -0.2) is 4.99 Å². The van der Waals surface area contributed by atoms with Gasteiger partial charge in [0.1, 0.15) is 0 Å². The topological polar surface area (TPSA) is 36.9 Å². The van der Waals surface area contributed by atoms with Gasteiger partial charge in [0.15, 0.2) is 5.96 Å². The molecule has 0 saturated carbocycles. The fraction of sp³-hybridized carbons (Fsp3) is 0.588. The van der Waals surface area contributed by atoms with Crippen molar-refractivity contribution in [1.82, 2.24) is 10.2 Å². The fourth-order valence-electron chi connectivity index (χ4n) is 2.53. The maximum Gasteiger partial charge on any atom is 0.193 e. The van der Waals surface area contributed by atoms with Crippen LogP contribution in [0.1, 0.15) is 24.5 Å². The van der Waals surface area contributed by atoms with E-state index in [1.54, 1.807) is 0 Å². The average Bonchev–Trinajstić information content (AvgIpc) is 2.98. The smallest absolute Gasteiger partial charge is 0.193 e. The zero-order chi connectivity index (χ0) is 15.1. The monoisotopic (exact) mass is 417 g/mol. The number of ether oxygens (including phenoxy) is 1. The van der Waals surface area contributed by atoms with E-state index in [1.807, 2.05) is 0 Å². The summed E-state index contributed by atoms with van der Waals surface area (Å²) in [6, 6.07) is 8.56. The van der Waals surface area contributed by atoms with Crippen molar-refractivity contribution in [3.05, 3.63) is 35.4 Å². The van der Waals surface area contributed by atoms with E-state index in [9.17, 15) is 0 Å². The minimum absolute atomic E-state index is 0. The van der Waals surface area contributed by atoms with Crippen molar-refractivity contribution in [3.8, 4) is 0 Å². The lowest BCUT2D eigenvalue weighted by Gasteiger charge is -2.24. The van der Waals surface area contributed by atoms with Crippen LogP contribution in [-0.2, 0) is 11.3 Å². The maximum absolute atomic E-state index is 5.45. The number of nitrogens with zero attached hydrogens (tertiary/aromatic N) is 2. The van der Waals surface area contributed by atoms with Crippen LogP contribution in [-0.4, -0.2) is 44.2 Å². The largest absolute Gasteiger partial charge is 0.381 e. The van der Waals surface area contributed by atoms with Crippen molar-refractivity contribution in [2.75, 3.05) is 33.4 Å². The van der Waals surface area contributed by atoms with Gasteiger partial charge in [-0.3, -0.25) is 0 Å². The van der Waals surface area contributed by atoms with Gasteiger partial charge in [-0.05, 0) is 25.8 Å². The third-order valence-electron chi connectivity index (χ3n) is 3.78. The third kappa shape index (κ3) is 6.12. The highest BCUT2D eigenvalue weighted by molar-refractivity contribution is 14.0. The molecule has 1 N–H and O–H groups in total. The number of guanidine groups is 1. The number of aliphatic imine (C=N–C) groups is 1. The standard InChI is InChI=1S/C17H27N3O.HI/c1-4-18-17(20(3)12-16-9-10-21-13-16)19-11-15-7-5-14(2)6-8-15;/h5-8,16H,4,9-13H2,1-3H3,(H,18,19);1H. The van der Waals surface area contributed by atoms with E-state index < -0.39 is 0 Å². The molecule has 0 bridgehead atoms. The van der Waals surface area contributed by atoms with Gasteiger partial charge < -0.3 is 15.0 Å². The van der Waals surface area contributed by atoms with Crippen LogP contribution in [0.5, 0.6) is 0 Å². The molecule has 1 fully saturated rings. The Morgan fingerprint density at radius 1 is 1.36 bits per heavy atom. The molecule has 0 radical (unpaired) electrons. The predicted octanol–water partition coefficient (Wildman–Crippen LogP) is 3.05. The van der Waals surface area contributed by atoms with Gasteiger partial charge in [0.25, 0.3) is 0 Å². The number of rotatable bonds is 5. The lowest BCUT2D eigenvalue weighted by atomic mass is 10.1. The highest BCUT2D eigenvalue weighted by Gasteiger charge is 2.18. The molecule has 124 valence electrons. The van der Waals surface area contributed by atoms with Crippen LogP contribution >= 0.6 is 24.0 Å². The van der Waals surface area contributed by atoms with Gasteiger partial charge in [-0.2, -0.15) is 0 Å². The molecule has 0 aromatic heterocycles. The molecule has 0 amide bonds. The molecule has 0 aliphatic carbocycles. The molecule has 1 atom stereocenters. The second-order valence-electron chi connectivity index (χ2n) is 5.77. The van der Waals surface area contributed by atoms with Crippen molar-refractivity contribution in [2.45, 2.75) is 26.8 Å². The van der Waals surface area contributed by atoms with Crippen molar-refractivity contribution in [2.24, 2.45) is 10.9 Å². The Bertz CT molecular complexity index is 455. The van der Waals surface area contributed by atoms with Crippen LogP contribution in [0, 0.1) is 12.8 Å². The molecular formula is C17H28IN3O. The molecular weight excluding hydrogens is 389 g/mol. The minimum Gasteiger partial charge on any atom is -0.381 e. The van der Waals surface area contributed by atoms with Crippen LogP contribution < -0.4 is 5.32 Å². The van der Waals surface area contributed by atoms with Gasteiger partial charge in [-0.15, -0.1) is 24.0 Å². The SMILES string of the molecule is CCNC(=NCc1ccc(C)cc1)N(C)CC1CCOC1.I. The Hall–Kier alpha value is -0.820. The Kier molecular flexibility index (Phi) is 8.78. The number of nitrogens with one attached hydrogen (secondary N) is 1. The summed E-state index contributed by atoms with van der Waals surface area (Å²) in [5.74, 6) is 1.60. The summed E-state index contributed by atoms with van der Waals surface area (Å²) < 4.78 is 5.45. The maximum atomic E-state index is 5.45. The van der Waals surface area contributed by atoms with E-state index in [0.29, 0.717) is 12.5 Å². The summed E-state index contributed by atoms with van der Waals surface area (Å²) in [5, 5.41) is 3.37. The molecule has 1 unspecified atom stereocenters. The second kappa shape index (κ2) is 10.0. The number of halogens is 1. The Labute approximate surface area is 151 Å². The average molecular weight is 417 g/mol. The molecule has 22 heavy (non-hydrogen) atoms. The molecule has 1 aliphatic rings. The van der Waals surface area contributed by atoms with Crippen molar-refractivity contribution in [1.29, 1.82) is 0 Å². The summed E-state index contributed by atoms with van der Waals surface area (Å²) in [4.78, 5) is 6.97. The molecule has 4 nitrogen and oxygen atoms in total. The first-order valence-corrected chi connectivity index (χ1v) is 7.81. The number of hydrogen-bond donors (Lipinski definition) is 1. The predicted molar refractivity (Wildman–Crippen MR) is 103 cm³/mol. The first-order chi connectivity index (χ1) is 10.2. The van der Waals surface area contributed by atoms with Crippen LogP contribution in [0.4, 0.5) is 0 Å². The van der Waals surface area contributed by atoms with Gasteiger partial charge >= 0.3 is 0 Å². The lowest BCUT2D eigenvalue weighted by Crippen LogP contribution is -2.41. The van der Waals surface area contributed by atoms with E-state index in [-0.39, 0.29) is 24.0 Å². The van der Waals surface area contributed by atoms with E-state index in [0.717, 1.165) is 38.7 Å². The third-order valence-corrected chi connectivity index (χ3v) is 3.78. The Morgan fingerprint density at radius 2 is 2.09 bits per heavy atom. The van der Waals surface area contributed by atoms with Crippen LogP contribution in [0.2, 0.25) is 0 Å². The van der Waals surface area contributed by atoms with Gasteiger partial charge in [0.05, 0.1) is 13.2 Å². The molecule has 5 heteroatoms. The van der Waals surface area contributed by atoms with E-state index in [2.05, 4.69) is 55.4 Å². The fourth-order valence-corrected chi connectivity index (χ4v) is 2.53. The normalized spacial score (nSPS) is 18.0. The van der Waals surface area contributed by atoms with Gasteiger partial charge in [-0.1, -0.05) is 29.8 Å². The molecule has 0 spiro atoms. The quantitative estimate of drug-likeness (QED) is 0.455. The molecule has 2 rings (SSSR count). The summed E-state index contributed by atoms with van der Waals surface area (Å²) in [6.45, 7) is 8.59. The molecule has 1 heterocycles. The highest BCUT2D eigenvalue weighted by atomic mass is 127. The van der Waals surface area contributed by atoms with Crippen molar-refractivity contribution in [3.63, 3.8) is 0 Å². The van der Waals surface area contributed by atoms with Crippen LogP contribution in [0.3, 0.4) is 0 Å². The van der Waals surface area contributed by atoms with E-state index in [4.69, 9.17) is 9.73 Å². The first kappa shape index (κ1) is 19.2. The first-order valence-electron chi connectivity index (χ1n) is 7.81. The second-order valence-corrected chi connectivity index (χ2v) is 5.77. The zero-order valence-corrected chi connectivity index (χ0v) is 16.2.